The number of amides is 4. The molecule has 0 radical (unpaired) electrons. The molecule has 0 bridgehead atoms. The van der Waals surface area contributed by atoms with Gasteiger partial charge < -0.3 is 39.1 Å². The Morgan fingerprint density at radius 3 is 2.17 bits per heavy atom. The van der Waals surface area contributed by atoms with Crippen molar-refractivity contribution in [3.63, 3.8) is 0 Å². The van der Waals surface area contributed by atoms with Gasteiger partial charge in [-0.05, 0) is 75.7 Å². The molecule has 0 spiro atoms. The fourth-order valence-electron chi connectivity index (χ4n) is 6.67. The normalized spacial score (nSPS) is 19.2. The maximum atomic E-state index is 14.6. The fraction of sp³-hybridized carbons (Fsp3) is 0.436. The second-order valence-corrected chi connectivity index (χ2v) is 14.6. The van der Waals surface area contributed by atoms with Crippen LogP contribution in [-0.4, -0.2) is 120 Å². The molecule has 4 amide bonds. The summed E-state index contributed by atoms with van der Waals surface area (Å²) >= 11 is 0. The van der Waals surface area contributed by atoms with Gasteiger partial charge in [-0.2, -0.15) is 0 Å². The molecule has 3 heterocycles. The number of likely N-dealkylation sites (tertiary alicyclic amines) is 1. The van der Waals surface area contributed by atoms with Crippen LogP contribution in [-0.2, 0) is 4.74 Å². The lowest BCUT2D eigenvalue weighted by Crippen LogP contribution is -2.55. The quantitative estimate of drug-likeness (QED) is 0.357. The minimum absolute atomic E-state index is 0.0380. The van der Waals surface area contributed by atoms with Crippen LogP contribution in [0, 0.1) is 11.6 Å². The number of hydrogen-bond acceptors (Lipinski definition) is 8. The highest BCUT2D eigenvalue weighted by atomic mass is 19.1. The van der Waals surface area contributed by atoms with Gasteiger partial charge in [0, 0.05) is 87.6 Å². The first-order valence-corrected chi connectivity index (χ1v) is 17.9. The number of carbonyl (C=O) groups excluding carboxylic acids is 4. The predicted octanol–water partition coefficient (Wildman–Crippen LogP) is 5.41. The van der Waals surface area contributed by atoms with Crippen LogP contribution in [0.3, 0.4) is 0 Å². The van der Waals surface area contributed by atoms with E-state index in [1.807, 2.05) is 27.7 Å². The van der Waals surface area contributed by atoms with Crippen molar-refractivity contribution >= 4 is 24.0 Å². The van der Waals surface area contributed by atoms with E-state index in [1.165, 1.54) is 23.1 Å². The van der Waals surface area contributed by atoms with E-state index in [2.05, 4.69) is 5.32 Å². The molecule has 53 heavy (non-hydrogen) atoms. The second kappa shape index (κ2) is 15.8. The molecule has 3 aromatic rings. The summed E-state index contributed by atoms with van der Waals surface area (Å²) in [7, 11) is 0. The zero-order valence-corrected chi connectivity index (χ0v) is 30.4. The van der Waals surface area contributed by atoms with E-state index in [1.54, 1.807) is 45.0 Å². The lowest BCUT2D eigenvalue weighted by Gasteiger charge is -2.40. The monoisotopic (exact) mass is 733 g/mol. The Balaban J connectivity index is 1.13. The summed E-state index contributed by atoms with van der Waals surface area (Å²) in [6, 6.07) is 14.1. The number of nitrogens with zero attached hydrogens (tertiary/aromatic N) is 4. The van der Waals surface area contributed by atoms with Crippen molar-refractivity contribution in [2.75, 3.05) is 58.9 Å². The minimum atomic E-state index is -0.710. The van der Waals surface area contributed by atoms with Gasteiger partial charge in [-0.1, -0.05) is 12.1 Å². The summed E-state index contributed by atoms with van der Waals surface area (Å²) in [4.78, 5) is 59.1. The molecule has 3 aliphatic rings. The lowest BCUT2D eigenvalue weighted by molar-refractivity contribution is 0.0275. The van der Waals surface area contributed by atoms with Crippen LogP contribution >= 0.6 is 0 Å². The van der Waals surface area contributed by atoms with Gasteiger partial charge in [0.1, 0.15) is 34.8 Å². The maximum Gasteiger partial charge on any atom is 0.415 e. The van der Waals surface area contributed by atoms with Gasteiger partial charge >= 0.3 is 12.2 Å². The molecule has 3 saturated heterocycles. The molecular formula is C39H45F2N5O7. The Labute approximate surface area is 307 Å². The van der Waals surface area contributed by atoms with Gasteiger partial charge in [-0.3, -0.25) is 9.59 Å². The Morgan fingerprint density at radius 1 is 0.736 bits per heavy atom. The standard InChI is InChI=1S/C39H45F2N5O7/c1-25-23-44(35(47)28-19-30(41)22-32(20-28)52-37(49)43-15-12-42-13-16-43)17-18-46(25)36(48)27-7-10-34(33(21-27)26-5-8-29(40)9-6-26)51-31-11-14-45(24-31)38(50)53-39(2,3)4/h5-10,19-22,25,31,42H,11-18,23-24H2,1-4H3/t25-,31-/m0/s1. The third-order valence-corrected chi connectivity index (χ3v) is 9.35. The number of rotatable bonds is 6. The minimum Gasteiger partial charge on any atom is -0.488 e. The van der Waals surface area contributed by atoms with Crippen LogP contribution in [0.4, 0.5) is 18.4 Å². The van der Waals surface area contributed by atoms with Crippen molar-refractivity contribution in [2.24, 2.45) is 0 Å². The Kier molecular flexibility index (Phi) is 11.2. The van der Waals surface area contributed by atoms with Crippen molar-refractivity contribution in [1.82, 2.24) is 24.9 Å². The highest BCUT2D eigenvalue weighted by molar-refractivity contribution is 5.97. The summed E-state index contributed by atoms with van der Waals surface area (Å²) in [5, 5.41) is 3.15. The molecule has 2 atom stereocenters. The van der Waals surface area contributed by atoms with Crippen LogP contribution in [0.1, 0.15) is 54.8 Å². The van der Waals surface area contributed by atoms with Crippen LogP contribution in [0.25, 0.3) is 11.1 Å². The predicted molar refractivity (Wildman–Crippen MR) is 192 cm³/mol. The topological polar surface area (TPSA) is 121 Å². The Bertz CT molecular complexity index is 1840. The summed E-state index contributed by atoms with van der Waals surface area (Å²) in [6.07, 6.45) is -0.752. The van der Waals surface area contributed by atoms with Crippen molar-refractivity contribution in [3.8, 4) is 22.6 Å². The zero-order chi connectivity index (χ0) is 37.9. The molecule has 282 valence electrons. The van der Waals surface area contributed by atoms with E-state index in [0.29, 0.717) is 68.1 Å². The van der Waals surface area contributed by atoms with E-state index in [9.17, 15) is 28.0 Å². The first kappa shape index (κ1) is 37.5. The summed E-state index contributed by atoms with van der Waals surface area (Å²) in [5.41, 5.74) is 1.03. The third-order valence-electron chi connectivity index (χ3n) is 9.35. The first-order chi connectivity index (χ1) is 25.2. The molecule has 3 aromatic carbocycles. The maximum absolute atomic E-state index is 14.6. The Morgan fingerprint density at radius 2 is 1.47 bits per heavy atom. The van der Waals surface area contributed by atoms with Crippen LogP contribution < -0.4 is 14.8 Å². The van der Waals surface area contributed by atoms with Gasteiger partial charge in [0.25, 0.3) is 11.8 Å². The average molecular weight is 734 g/mol. The Hall–Kier alpha value is -5.24. The summed E-state index contributed by atoms with van der Waals surface area (Å²) in [6.45, 7) is 10.9. The lowest BCUT2D eigenvalue weighted by atomic mass is 10.00. The molecular weight excluding hydrogens is 688 g/mol. The molecule has 12 nitrogen and oxygen atoms in total. The highest BCUT2D eigenvalue weighted by Crippen LogP contribution is 2.34. The molecule has 3 fully saturated rings. The number of piperazine rings is 2. The smallest absolute Gasteiger partial charge is 0.415 e. The van der Waals surface area contributed by atoms with Crippen molar-refractivity contribution < 1.29 is 42.2 Å². The second-order valence-electron chi connectivity index (χ2n) is 14.6. The summed E-state index contributed by atoms with van der Waals surface area (Å²) in [5.74, 6) is -1.39. The number of carbonyl (C=O) groups is 4. The van der Waals surface area contributed by atoms with E-state index in [-0.39, 0.29) is 49.0 Å². The molecule has 1 N–H and O–H groups in total. The fourth-order valence-corrected chi connectivity index (χ4v) is 6.67. The van der Waals surface area contributed by atoms with Crippen molar-refractivity contribution in [1.29, 1.82) is 0 Å². The molecule has 0 saturated carbocycles. The molecule has 6 rings (SSSR count). The van der Waals surface area contributed by atoms with Crippen molar-refractivity contribution in [2.45, 2.75) is 51.9 Å². The molecule has 0 aromatic heterocycles. The number of halogens is 2. The largest absolute Gasteiger partial charge is 0.488 e. The SMILES string of the molecule is C[C@H]1CN(C(=O)c2cc(F)cc(OC(=O)N3CCNCC3)c2)CCN1C(=O)c1ccc(O[C@H]2CCN(C(=O)OC(C)(C)C)C2)c(-c2ccc(F)cc2)c1. The van der Waals surface area contributed by atoms with E-state index in [0.717, 1.165) is 12.1 Å². The van der Waals surface area contributed by atoms with Gasteiger partial charge in [-0.25, -0.2) is 18.4 Å². The number of benzene rings is 3. The van der Waals surface area contributed by atoms with Crippen molar-refractivity contribution in [3.05, 3.63) is 83.4 Å². The van der Waals surface area contributed by atoms with Crippen LogP contribution in [0.15, 0.2) is 60.7 Å². The molecule has 14 heteroatoms. The zero-order valence-electron chi connectivity index (χ0n) is 30.4. The average Bonchev–Trinajstić information content (AvgIpc) is 3.60. The molecule has 0 unspecified atom stereocenters. The number of nitrogens with one attached hydrogen (secondary N) is 1. The highest BCUT2D eigenvalue weighted by Gasteiger charge is 2.34. The van der Waals surface area contributed by atoms with Gasteiger partial charge in [0.15, 0.2) is 0 Å². The number of ether oxygens (including phenoxy) is 3. The van der Waals surface area contributed by atoms with Gasteiger partial charge in [0.05, 0.1) is 6.54 Å². The number of hydrogen-bond donors (Lipinski definition) is 1. The first-order valence-electron chi connectivity index (χ1n) is 17.9. The van der Waals surface area contributed by atoms with Gasteiger partial charge in [-0.15, -0.1) is 0 Å². The van der Waals surface area contributed by atoms with Crippen LogP contribution in [0.5, 0.6) is 11.5 Å². The van der Waals surface area contributed by atoms with Crippen LogP contribution in [0.2, 0.25) is 0 Å². The van der Waals surface area contributed by atoms with E-state index in [4.69, 9.17) is 14.2 Å². The molecule has 0 aliphatic carbocycles. The van der Waals surface area contributed by atoms with E-state index < -0.39 is 35.3 Å². The summed E-state index contributed by atoms with van der Waals surface area (Å²) < 4.78 is 45.8. The van der Waals surface area contributed by atoms with Gasteiger partial charge in [0.2, 0.25) is 0 Å². The third kappa shape index (κ3) is 9.23. The molecule has 3 aliphatic heterocycles. The van der Waals surface area contributed by atoms with E-state index >= 15 is 0 Å².